The van der Waals surface area contributed by atoms with Gasteiger partial charge >= 0.3 is 0 Å². The molecule has 0 radical (unpaired) electrons. The summed E-state index contributed by atoms with van der Waals surface area (Å²) < 4.78 is 12.6. The molecule has 1 N–H and O–H groups in total. The van der Waals surface area contributed by atoms with E-state index in [1.807, 2.05) is 0 Å². The Kier molecular flexibility index (Phi) is 4.97. The first-order valence-corrected chi connectivity index (χ1v) is 8.35. The Morgan fingerprint density at radius 2 is 2.20 bits per heavy atom. The van der Waals surface area contributed by atoms with E-state index in [-0.39, 0.29) is 0 Å². The van der Waals surface area contributed by atoms with Crippen molar-refractivity contribution >= 4 is 15.9 Å². The van der Waals surface area contributed by atoms with Crippen LogP contribution in [0.1, 0.15) is 37.3 Å². The molecule has 1 aliphatic carbocycles. The number of ether oxygens (including phenoxy) is 2. The van der Waals surface area contributed by atoms with Gasteiger partial charge in [-0.05, 0) is 43.7 Å². The maximum absolute atomic E-state index is 5.83. The van der Waals surface area contributed by atoms with Crippen LogP contribution in [0.2, 0.25) is 0 Å². The van der Waals surface area contributed by atoms with Gasteiger partial charge in [0.15, 0.2) is 0 Å². The van der Waals surface area contributed by atoms with E-state index in [4.69, 9.17) is 9.47 Å². The molecular formula is C16H22BrNO2. The predicted molar refractivity (Wildman–Crippen MR) is 83.2 cm³/mol. The molecule has 3 nitrogen and oxygen atoms in total. The standard InChI is InChI=1S/C16H22BrNO2/c17-13-5-6-14-15(2-1-8-20-16(14)10-13)18-7-9-19-11-12-3-4-12/h5-6,10,12,15,18H,1-4,7-9,11H2. The molecule has 4 heteroatoms. The minimum absolute atomic E-state index is 0.380. The van der Waals surface area contributed by atoms with E-state index in [9.17, 15) is 0 Å². The second kappa shape index (κ2) is 6.92. The van der Waals surface area contributed by atoms with Crippen molar-refractivity contribution in [2.45, 2.75) is 31.7 Å². The molecule has 1 fully saturated rings. The van der Waals surface area contributed by atoms with Gasteiger partial charge < -0.3 is 14.8 Å². The van der Waals surface area contributed by atoms with Crippen LogP contribution in [0.3, 0.4) is 0 Å². The van der Waals surface area contributed by atoms with E-state index in [1.54, 1.807) is 0 Å². The zero-order valence-corrected chi connectivity index (χ0v) is 13.3. The predicted octanol–water partition coefficient (Wildman–Crippen LogP) is 3.68. The van der Waals surface area contributed by atoms with Crippen LogP contribution in [0.5, 0.6) is 5.75 Å². The van der Waals surface area contributed by atoms with Gasteiger partial charge in [0, 0.05) is 29.2 Å². The van der Waals surface area contributed by atoms with Gasteiger partial charge in [-0.15, -0.1) is 0 Å². The Morgan fingerprint density at radius 1 is 1.30 bits per heavy atom. The van der Waals surface area contributed by atoms with Crippen molar-refractivity contribution in [3.63, 3.8) is 0 Å². The molecule has 1 heterocycles. The summed E-state index contributed by atoms with van der Waals surface area (Å²) in [5.74, 6) is 1.85. The normalized spacial score (nSPS) is 21.9. The SMILES string of the molecule is Brc1ccc2c(c1)OCCCC2NCCOCC1CC1. The fraction of sp³-hybridized carbons (Fsp3) is 0.625. The minimum Gasteiger partial charge on any atom is -0.493 e. The second-order valence-electron chi connectivity index (χ2n) is 5.70. The number of halogens is 1. The Morgan fingerprint density at radius 3 is 3.05 bits per heavy atom. The lowest BCUT2D eigenvalue weighted by molar-refractivity contribution is 0.124. The first-order valence-electron chi connectivity index (χ1n) is 7.56. The van der Waals surface area contributed by atoms with Gasteiger partial charge in [-0.2, -0.15) is 0 Å². The molecule has 1 aromatic rings. The third-order valence-corrected chi connectivity index (χ3v) is 4.43. The van der Waals surface area contributed by atoms with E-state index in [0.717, 1.165) is 55.3 Å². The van der Waals surface area contributed by atoms with Crippen molar-refractivity contribution in [1.82, 2.24) is 5.32 Å². The summed E-state index contributed by atoms with van der Waals surface area (Å²) in [7, 11) is 0. The highest BCUT2D eigenvalue weighted by Gasteiger charge is 2.21. The van der Waals surface area contributed by atoms with Crippen LogP contribution in [-0.2, 0) is 4.74 Å². The van der Waals surface area contributed by atoms with Gasteiger partial charge in [-0.25, -0.2) is 0 Å². The van der Waals surface area contributed by atoms with E-state index in [0.29, 0.717) is 6.04 Å². The number of rotatable bonds is 6. The third-order valence-electron chi connectivity index (χ3n) is 3.93. The van der Waals surface area contributed by atoms with Crippen molar-refractivity contribution in [3.05, 3.63) is 28.2 Å². The highest BCUT2D eigenvalue weighted by molar-refractivity contribution is 9.10. The summed E-state index contributed by atoms with van der Waals surface area (Å²) in [5, 5.41) is 3.61. The largest absolute Gasteiger partial charge is 0.493 e. The molecule has 0 amide bonds. The highest BCUT2D eigenvalue weighted by Crippen LogP contribution is 2.33. The maximum Gasteiger partial charge on any atom is 0.125 e. The van der Waals surface area contributed by atoms with E-state index in [2.05, 4.69) is 39.4 Å². The maximum atomic E-state index is 5.83. The van der Waals surface area contributed by atoms with Crippen molar-refractivity contribution in [2.24, 2.45) is 5.92 Å². The quantitative estimate of drug-likeness (QED) is 0.802. The fourth-order valence-corrected chi connectivity index (χ4v) is 2.94. The minimum atomic E-state index is 0.380. The second-order valence-corrected chi connectivity index (χ2v) is 6.61. The average molecular weight is 340 g/mol. The molecule has 1 saturated carbocycles. The zero-order chi connectivity index (χ0) is 13.8. The molecule has 0 bridgehead atoms. The van der Waals surface area contributed by atoms with Crippen LogP contribution in [0, 0.1) is 5.92 Å². The molecule has 3 rings (SSSR count). The number of hydrogen-bond acceptors (Lipinski definition) is 3. The van der Waals surface area contributed by atoms with Crippen LogP contribution in [0.4, 0.5) is 0 Å². The topological polar surface area (TPSA) is 30.5 Å². The number of fused-ring (bicyclic) bond motifs is 1. The lowest BCUT2D eigenvalue weighted by atomic mass is 10.0. The molecule has 0 aromatic heterocycles. The Hall–Kier alpha value is -0.580. The van der Waals surface area contributed by atoms with Crippen LogP contribution < -0.4 is 10.1 Å². The molecule has 20 heavy (non-hydrogen) atoms. The van der Waals surface area contributed by atoms with Crippen LogP contribution >= 0.6 is 15.9 Å². The van der Waals surface area contributed by atoms with Gasteiger partial charge in [0.2, 0.25) is 0 Å². The van der Waals surface area contributed by atoms with E-state index < -0.39 is 0 Å². The molecule has 1 atom stereocenters. The van der Waals surface area contributed by atoms with Crippen molar-refractivity contribution < 1.29 is 9.47 Å². The number of benzene rings is 1. The number of hydrogen-bond donors (Lipinski definition) is 1. The van der Waals surface area contributed by atoms with Crippen LogP contribution in [0.25, 0.3) is 0 Å². The smallest absolute Gasteiger partial charge is 0.125 e. The number of nitrogens with one attached hydrogen (secondary N) is 1. The Labute approximate surface area is 129 Å². The molecule has 1 aliphatic heterocycles. The van der Waals surface area contributed by atoms with Crippen LogP contribution in [-0.4, -0.2) is 26.4 Å². The summed E-state index contributed by atoms with van der Waals surface area (Å²) >= 11 is 3.51. The Balaban J connectivity index is 1.52. The first-order chi connectivity index (χ1) is 9.83. The molecule has 2 aliphatic rings. The molecular weight excluding hydrogens is 318 g/mol. The van der Waals surface area contributed by atoms with Crippen molar-refractivity contribution in [1.29, 1.82) is 0 Å². The van der Waals surface area contributed by atoms with Crippen molar-refractivity contribution in [2.75, 3.05) is 26.4 Å². The van der Waals surface area contributed by atoms with Gasteiger partial charge in [-0.3, -0.25) is 0 Å². The third kappa shape index (κ3) is 3.96. The zero-order valence-electron chi connectivity index (χ0n) is 11.7. The van der Waals surface area contributed by atoms with Crippen molar-refractivity contribution in [3.8, 4) is 5.75 Å². The lowest BCUT2D eigenvalue weighted by Crippen LogP contribution is -2.25. The molecule has 1 aromatic carbocycles. The van der Waals surface area contributed by atoms with Gasteiger partial charge in [0.05, 0.1) is 13.2 Å². The molecule has 0 spiro atoms. The molecule has 1 unspecified atom stereocenters. The van der Waals surface area contributed by atoms with Gasteiger partial charge in [0.1, 0.15) is 5.75 Å². The highest BCUT2D eigenvalue weighted by atomic mass is 79.9. The summed E-state index contributed by atoms with van der Waals surface area (Å²) in [4.78, 5) is 0. The van der Waals surface area contributed by atoms with Gasteiger partial charge in [-0.1, -0.05) is 22.0 Å². The Bertz CT molecular complexity index is 448. The average Bonchev–Trinajstić information content (AvgIpc) is 3.26. The fourth-order valence-electron chi connectivity index (χ4n) is 2.60. The molecule has 0 saturated heterocycles. The van der Waals surface area contributed by atoms with E-state index >= 15 is 0 Å². The molecule has 110 valence electrons. The van der Waals surface area contributed by atoms with E-state index in [1.165, 1.54) is 18.4 Å². The summed E-state index contributed by atoms with van der Waals surface area (Å²) in [6.45, 7) is 3.46. The summed E-state index contributed by atoms with van der Waals surface area (Å²) in [5.41, 5.74) is 1.27. The summed E-state index contributed by atoms with van der Waals surface area (Å²) in [6, 6.07) is 6.70. The lowest BCUT2D eigenvalue weighted by Gasteiger charge is -2.18. The first kappa shape index (κ1) is 14.4. The van der Waals surface area contributed by atoms with Crippen LogP contribution in [0.15, 0.2) is 22.7 Å². The summed E-state index contributed by atoms with van der Waals surface area (Å²) in [6.07, 6.45) is 4.93. The monoisotopic (exact) mass is 339 g/mol. The van der Waals surface area contributed by atoms with Gasteiger partial charge in [0.25, 0.3) is 0 Å².